The minimum atomic E-state index is -0.973. The molecule has 1 amide bonds. The van der Waals surface area contributed by atoms with E-state index in [1.807, 2.05) is 26.0 Å². The van der Waals surface area contributed by atoms with Gasteiger partial charge in [-0.1, -0.05) is 19.1 Å². The number of aliphatic carboxylic acids is 1. The number of hydrogen-bond acceptors (Lipinski definition) is 2. The first-order valence-corrected chi connectivity index (χ1v) is 5.96. The molecule has 1 atom stereocenters. The number of amides is 1. The van der Waals surface area contributed by atoms with Crippen molar-refractivity contribution in [3.8, 4) is 0 Å². The van der Waals surface area contributed by atoms with E-state index in [2.05, 4.69) is 0 Å². The first-order chi connectivity index (χ1) is 8.40. The average Bonchev–Trinajstić information content (AvgIpc) is 2.32. The van der Waals surface area contributed by atoms with Crippen LogP contribution < -0.4 is 0 Å². The number of carboxylic acid groups (broad SMARTS) is 1. The van der Waals surface area contributed by atoms with Crippen molar-refractivity contribution in [2.75, 3.05) is 7.05 Å². The zero-order valence-corrected chi connectivity index (χ0v) is 11.2. The average molecular weight is 249 g/mol. The van der Waals surface area contributed by atoms with Gasteiger partial charge in [0.2, 0.25) is 0 Å². The molecule has 1 N–H and O–H groups in total. The second-order valence-electron chi connectivity index (χ2n) is 4.43. The maximum Gasteiger partial charge on any atom is 0.326 e. The smallest absolute Gasteiger partial charge is 0.326 e. The Kier molecular flexibility index (Phi) is 4.48. The zero-order valence-electron chi connectivity index (χ0n) is 11.2. The lowest BCUT2D eigenvalue weighted by atomic mass is 10.0. The van der Waals surface area contributed by atoms with Gasteiger partial charge in [0.05, 0.1) is 0 Å². The van der Waals surface area contributed by atoms with Gasteiger partial charge in [-0.15, -0.1) is 0 Å². The predicted octanol–water partition coefficient (Wildman–Crippen LogP) is 2.24. The Morgan fingerprint density at radius 2 is 1.94 bits per heavy atom. The molecule has 0 spiro atoms. The van der Waals surface area contributed by atoms with Crippen LogP contribution in [-0.4, -0.2) is 35.0 Å². The van der Waals surface area contributed by atoms with Gasteiger partial charge in [0.1, 0.15) is 6.04 Å². The first kappa shape index (κ1) is 14.2. The minimum absolute atomic E-state index is 0.245. The van der Waals surface area contributed by atoms with Crippen molar-refractivity contribution in [2.45, 2.75) is 33.2 Å². The Hall–Kier alpha value is -1.84. The highest BCUT2D eigenvalue weighted by molar-refractivity contribution is 5.97. The summed E-state index contributed by atoms with van der Waals surface area (Å²) in [6.07, 6.45) is 0.391. The molecule has 1 aromatic carbocycles. The highest BCUT2D eigenvalue weighted by Crippen LogP contribution is 2.16. The number of rotatable bonds is 4. The van der Waals surface area contributed by atoms with E-state index in [-0.39, 0.29) is 5.91 Å². The molecule has 0 saturated carbocycles. The number of benzene rings is 1. The summed E-state index contributed by atoms with van der Waals surface area (Å²) in [5, 5.41) is 9.07. The third kappa shape index (κ3) is 2.70. The van der Waals surface area contributed by atoms with E-state index in [1.165, 1.54) is 11.9 Å². The molecule has 0 heterocycles. The van der Waals surface area contributed by atoms with Gasteiger partial charge >= 0.3 is 5.97 Å². The summed E-state index contributed by atoms with van der Waals surface area (Å²) in [4.78, 5) is 24.6. The Morgan fingerprint density at radius 3 is 2.44 bits per heavy atom. The Labute approximate surface area is 107 Å². The number of nitrogens with zero attached hydrogens (tertiary/aromatic N) is 1. The second-order valence-corrected chi connectivity index (χ2v) is 4.43. The summed E-state index contributed by atoms with van der Waals surface area (Å²) in [5.74, 6) is -1.22. The van der Waals surface area contributed by atoms with Gasteiger partial charge in [0, 0.05) is 12.6 Å². The Bertz CT molecular complexity index is 468. The van der Waals surface area contributed by atoms with Crippen LogP contribution in [0.15, 0.2) is 18.2 Å². The second kappa shape index (κ2) is 5.67. The van der Waals surface area contributed by atoms with Gasteiger partial charge in [0.15, 0.2) is 0 Å². The lowest BCUT2D eigenvalue weighted by Gasteiger charge is -2.24. The third-order valence-corrected chi connectivity index (χ3v) is 3.29. The lowest BCUT2D eigenvalue weighted by Crippen LogP contribution is -2.42. The van der Waals surface area contributed by atoms with E-state index < -0.39 is 12.0 Å². The Balaban J connectivity index is 3.07. The van der Waals surface area contributed by atoms with Crippen LogP contribution in [0.4, 0.5) is 0 Å². The molecule has 0 saturated heterocycles. The summed E-state index contributed by atoms with van der Waals surface area (Å²) in [6.45, 7) is 5.56. The molecular weight excluding hydrogens is 230 g/mol. The monoisotopic (exact) mass is 249 g/mol. The van der Waals surface area contributed by atoms with Crippen LogP contribution in [0.1, 0.15) is 34.8 Å². The SMILES string of the molecule is CCC(C(=O)O)N(C)C(=O)c1cccc(C)c1C. The molecule has 1 rings (SSSR count). The highest BCUT2D eigenvalue weighted by Gasteiger charge is 2.26. The molecule has 0 aliphatic carbocycles. The highest BCUT2D eigenvalue weighted by atomic mass is 16.4. The number of carboxylic acids is 1. The lowest BCUT2D eigenvalue weighted by molar-refractivity contribution is -0.142. The molecule has 0 aliphatic rings. The van der Waals surface area contributed by atoms with E-state index in [0.717, 1.165) is 11.1 Å². The van der Waals surface area contributed by atoms with Crippen molar-refractivity contribution in [2.24, 2.45) is 0 Å². The van der Waals surface area contributed by atoms with Crippen molar-refractivity contribution in [1.29, 1.82) is 0 Å². The van der Waals surface area contributed by atoms with Crippen LogP contribution in [-0.2, 0) is 4.79 Å². The molecule has 1 unspecified atom stereocenters. The van der Waals surface area contributed by atoms with Crippen LogP contribution in [0.25, 0.3) is 0 Å². The molecule has 4 heteroatoms. The number of carbonyl (C=O) groups excluding carboxylic acids is 1. The van der Waals surface area contributed by atoms with Crippen LogP contribution in [0.2, 0.25) is 0 Å². The fourth-order valence-electron chi connectivity index (χ4n) is 1.93. The summed E-state index contributed by atoms with van der Waals surface area (Å²) >= 11 is 0. The van der Waals surface area contributed by atoms with Crippen LogP contribution in [0.5, 0.6) is 0 Å². The fraction of sp³-hybridized carbons (Fsp3) is 0.429. The molecule has 0 aromatic heterocycles. The number of carbonyl (C=O) groups is 2. The van der Waals surface area contributed by atoms with Gasteiger partial charge in [-0.05, 0) is 37.5 Å². The largest absolute Gasteiger partial charge is 0.480 e. The van der Waals surface area contributed by atoms with Crippen molar-refractivity contribution in [3.63, 3.8) is 0 Å². The molecule has 0 radical (unpaired) electrons. The summed E-state index contributed by atoms with van der Waals surface area (Å²) in [6, 6.07) is 4.69. The third-order valence-electron chi connectivity index (χ3n) is 3.29. The van der Waals surface area contributed by atoms with Crippen molar-refractivity contribution < 1.29 is 14.7 Å². The number of hydrogen-bond donors (Lipinski definition) is 1. The number of likely N-dealkylation sites (N-methyl/N-ethyl adjacent to an activating group) is 1. The van der Waals surface area contributed by atoms with Crippen molar-refractivity contribution in [3.05, 3.63) is 34.9 Å². The van der Waals surface area contributed by atoms with E-state index in [1.54, 1.807) is 13.0 Å². The van der Waals surface area contributed by atoms with Gasteiger partial charge in [-0.25, -0.2) is 4.79 Å². The standard InChI is InChI=1S/C14H19NO3/c1-5-12(14(17)18)15(4)13(16)11-8-6-7-9(2)10(11)3/h6-8,12H,5H2,1-4H3,(H,17,18). The van der Waals surface area contributed by atoms with Crippen molar-refractivity contribution in [1.82, 2.24) is 4.90 Å². The topological polar surface area (TPSA) is 57.6 Å². The van der Waals surface area contributed by atoms with Gasteiger partial charge in [-0.2, -0.15) is 0 Å². The zero-order chi connectivity index (χ0) is 13.9. The minimum Gasteiger partial charge on any atom is -0.480 e. The van der Waals surface area contributed by atoms with Gasteiger partial charge in [0.25, 0.3) is 5.91 Å². The van der Waals surface area contributed by atoms with Crippen molar-refractivity contribution >= 4 is 11.9 Å². The van der Waals surface area contributed by atoms with Gasteiger partial charge in [-0.3, -0.25) is 4.79 Å². The maximum atomic E-state index is 12.3. The van der Waals surface area contributed by atoms with Crippen LogP contribution in [0, 0.1) is 13.8 Å². The van der Waals surface area contributed by atoms with E-state index in [0.29, 0.717) is 12.0 Å². The molecule has 4 nitrogen and oxygen atoms in total. The molecule has 0 bridgehead atoms. The number of aryl methyl sites for hydroxylation is 1. The molecule has 1 aromatic rings. The molecule has 98 valence electrons. The maximum absolute atomic E-state index is 12.3. The molecule has 0 aliphatic heterocycles. The summed E-state index contributed by atoms with van der Waals surface area (Å²) < 4.78 is 0. The van der Waals surface area contributed by atoms with Gasteiger partial charge < -0.3 is 10.0 Å². The van der Waals surface area contributed by atoms with E-state index >= 15 is 0 Å². The quantitative estimate of drug-likeness (QED) is 0.890. The van der Waals surface area contributed by atoms with E-state index in [4.69, 9.17) is 5.11 Å². The van der Waals surface area contributed by atoms with E-state index in [9.17, 15) is 9.59 Å². The predicted molar refractivity (Wildman–Crippen MR) is 69.7 cm³/mol. The summed E-state index contributed by atoms with van der Waals surface area (Å²) in [5.41, 5.74) is 2.49. The Morgan fingerprint density at radius 1 is 1.33 bits per heavy atom. The van der Waals surface area contributed by atoms with Crippen LogP contribution >= 0.6 is 0 Å². The first-order valence-electron chi connectivity index (χ1n) is 5.96. The van der Waals surface area contributed by atoms with Crippen LogP contribution in [0.3, 0.4) is 0 Å². The summed E-state index contributed by atoms with van der Waals surface area (Å²) in [7, 11) is 1.53. The fourth-order valence-corrected chi connectivity index (χ4v) is 1.93. The molecular formula is C14H19NO3. The molecule has 0 fully saturated rings. The molecule has 18 heavy (non-hydrogen) atoms. The normalized spacial score (nSPS) is 12.0.